The van der Waals surface area contributed by atoms with Crippen LogP contribution in [-0.2, 0) is 4.74 Å². The Morgan fingerprint density at radius 3 is 2.21 bits per heavy atom. The third-order valence-corrected chi connectivity index (χ3v) is 6.15. The van der Waals surface area contributed by atoms with Crippen molar-refractivity contribution in [3.63, 3.8) is 0 Å². The van der Waals surface area contributed by atoms with Gasteiger partial charge in [0.15, 0.2) is 0 Å². The van der Waals surface area contributed by atoms with Crippen LogP contribution in [0.1, 0.15) is 42.4 Å². The molecule has 0 unspecified atom stereocenters. The maximum atomic E-state index is 13.0. The number of nitrogens with zero attached hydrogens (tertiary/aromatic N) is 5. The largest absolute Gasteiger partial charge is 0.494 e. The smallest absolute Gasteiger partial charge is 0.253 e. The summed E-state index contributed by atoms with van der Waals surface area (Å²) in [5.74, 6) is 3.55. The van der Waals surface area contributed by atoms with Crippen molar-refractivity contribution in [2.75, 3.05) is 68.9 Å². The van der Waals surface area contributed by atoms with Crippen LogP contribution in [0.2, 0.25) is 0 Å². The number of unbranched alkanes of at least 4 members (excludes halogenated alkanes) is 2. The number of ether oxygens (including phenoxy) is 2. The van der Waals surface area contributed by atoms with E-state index < -0.39 is 0 Å². The van der Waals surface area contributed by atoms with Gasteiger partial charge in [0.1, 0.15) is 23.2 Å². The molecule has 1 aromatic heterocycles. The number of carbonyl (C=O) groups is 1. The summed E-state index contributed by atoms with van der Waals surface area (Å²) >= 11 is 0. The van der Waals surface area contributed by atoms with Crippen LogP contribution in [0.15, 0.2) is 30.3 Å². The summed E-state index contributed by atoms with van der Waals surface area (Å²) in [6.07, 6.45) is 3.41. The molecule has 0 N–H and O–H groups in total. The van der Waals surface area contributed by atoms with Gasteiger partial charge in [-0.25, -0.2) is 9.97 Å². The van der Waals surface area contributed by atoms with Gasteiger partial charge < -0.3 is 24.2 Å². The van der Waals surface area contributed by atoms with Crippen molar-refractivity contribution >= 4 is 17.5 Å². The molecule has 0 bridgehead atoms. The molecule has 2 aromatic rings. The predicted molar refractivity (Wildman–Crippen MR) is 129 cm³/mol. The fourth-order valence-electron chi connectivity index (χ4n) is 4.21. The minimum Gasteiger partial charge on any atom is -0.494 e. The van der Waals surface area contributed by atoms with Crippen molar-refractivity contribution in [2.45, 2.75) is 33.1 Å². The van der Waals surface area contributed by atoms with Crippen LogP contribution in [0.3, 0.4) is 0 Å². The Labute approximate surface area is 196 Å². The van der Waals surface area contributed by atoms with E-state index in [1.165, 1.54) is 12.8 Å². The number of morpholine rings is 1. The van der Waals surface area contributed by atoms with E-state index in [9.17, 15) is 4.79 Å². The van der Waals surface area contributed by atoms with Crippen LogP contribution < -0.4 is 14.5 Å². The second-order valence-electron chi connectivity index (χ2n) is 8.59. The van der Waals surface area contributed by atoms with Gasteiger partial charge in [-0.05, 0) is 37.6 Å². The minimum absolute atomic E-state index is 0.0695. The highest BCUT2D eigenvalue weighted by Crippen LogP contribution is 2.22. The highest BCUT2D eigenvalue weighted by molar-refractivity contribution is 5.94. The summed E-state index contributed by atoms with van der Waals surface area (Å²) in [4.78, 5) is 28.7. The summed E-state index contributed by atoms with van der Waals surface area (Å²) in [5, 5.41) is 0. The molecule has 2 aliphatic heterocycles. The van der Waals surface area contributed by atoms with Crippen molar-refractivity contribution in [3.05, 3.63) is 41.7 Å². The predicted octanol–water partition coefficient (Wildman–Crippen LogP) is 3.15. The number of hydrogen-bond donors (Lipinski definition) is 0. The quantitative estimate of drug-likeness (QED) is 0.569. The lowest BCUT2D eigenvalue weighted by Gasteiger charge is -2.36. The Hall–Kier alpha value is -2.87. The third kappa shape index (κ3) is 6.13. The third-order valence-electron chi connectivity index (χ3n) is 6.15. The summed E-state index contributed by atoms with van der Waals surface area (Å²) < 4.78 is 11.2. The van der Waals surface area contributed by atoms with E-state index in [4.69, 9.17) is 9.47 Å². The molecule has 0 saturated carbocycles. The molecule has 33 heavy (non-hydrogen) atoms. The number of anilines is 2. The summed E-state index contributed by atoms with van der Waals surface area (Å²) in [6.45, 7) is 10.8. The fourth-order valence-corrected chi connectivity index (χ4v) is 4.21. The number of carbonyl (C=O) groups excluding carboxylic acids is 1. The van der Waals surface area contributed by atoms with Gasteiger partial charge in [-0.2, -0.15) is 0 Å². The highest BCUT2D eigenvalue weighted by atomic mass is 16.5. The zero-order valence-electron chi connectivity index (χ0n) is 19.8. The maximum absolute atomic E-state index is 13.0. The van der Waals surface area contributed by atoms with Crippen LogP contribution in [0.5, 0.6) is 5.75 Å². The second kappa shape index (κ2) is 11.3. The average Bonchev–Trinajstić information content (AvgIpc) is 2.87. The molecule has 8 nitrogen and oxygen atoms in total. The van der Waals surface area contributed by atoms with E-state index in [1.54, 1.807) is 0 Å². The first kappa shape index (κ1) is 23.3. The zero-order chi connectivity index (χ0) is 23.0. The van der Waals surface area contributed by atoms with E-state index in [-0.39, 0.29) is 5.91 Å². The fraction of sp³-hybridized carbons (Fsp3) is 0.560. The van der Waals surface area contributed by atoms with Gasteiger partial charge in [0.25, 0.3) is 5.91 Å². The number of aromatic nitrogens is 2. The second-order valence-corrected chi connectivity index (χ2v) is 8.59. The monoisotopic (exact) mass is 453 g/mol. The highest BCUT2D eigenvalue weighted by Gasteiger charge is 2.24. The number of rotatable bonds is 8. The van der Waals surface area contributed by atoms with Crippen molar-refractivity contribution in [3.8, 4) is 5.75 Å². The molecule has 178 valence electrons. The van der Waals surface area contributed by atoms with E-state index in [2.05, 4.69) is 32.8 Å². The van der Waals surface area contributed by atoms with Crippen molar-refractivity contribution < 1.29 is 14.3 Å². The molecule has 0 radical (unpaired) electrons. The summed E-state index contributed by atoms with van der Waals surface area (Å²) in [7, 11) is 0. The van der Waals surface area contributed by atoms with Gasteiger partial charge in [-0.1, -0.05) is 19.8 Å². The Bertz CT molecular complexity index is 907. The van der Waals surface area contributed by atoms with E-state index in [0.29, 0.717) is 18.7 Å². The lowest BCUT2D eigenvalue weighted by Crippen LogP contribution is -2.49. The SMILES string of the molecule is CCCCCOc1ccc(C(=O)N2CCN(c3cc(N4CCOCC4)nc(C)n3)CC2)cc1. The molecule has 1 amide bonds. The van der Waals surface area contributed by atoms with E-state index >= 15 is 0 Å². The molecule has 4 rings (SSSR count). The lowest BCUT2D eigenvalue weighted by molar-refractivity contribution is 0.0746. The van der Waals surface area contributed by atoms with Crippen molar-refractivity contribution in [2.24, 2.45) is 0 Å². The Kier molecular flexibility index (Phi) is 7.99. The van der Waals surface area contributed by atoms with Gasteiger partial charge in [-0.15, -0.1) is 0 Å². The first-order chi connectivity index (χ1) is 16.1. The minimum atomic E-state index is 0.0695. The molecule has 0 spiro atoms. The van der Waals surface area contributed by atoms with Gasteiger partial charge in [0.2, 0.25) is 0 Å². The first-order valence-electron chi connectivity index (χ1n) is 12.1. The Morgan fingerprint density at radius 1 is 0.939 bits per heavy atom. The van der Waals surface area contributed by atoms with Crippen LogP contribution >= 0.6 is 0 Å². The van der Waals surface area contributed by atoms with Crippen molar-refractivity contribution in [1.82, 2.24) is 14.9 Å². The molecular weight excluding hydrogens is 418 g/mol. The summed E-state index contributed by atoms with van der Waals surface area (Å²) in [5.41, 5.74) is 0.705. The molecule has 3 heterocycles. The number of piperazine rings is 1. The van der Waals surface area contributed by atoms with Gasteiger partial charge in [0, 0.05) is 50.9 Å². The van der Waals surface area contributed by atoms with E-state index in [1.807, 2.05) is 36.1 Å². The van der Waals surface area contributed by atoms with Gasteiger partial charge >= 0.3 is 0 Å². The number of aryl methyl sites for hydroxylation is 1. The number of benzene rings is 1. The van der Waals surface area contributed by atoms with Crippen LogP contribution in [0, 0.1) is 6.92 Å². The van der Waals surface area contributed by atoms with Gasteiger partial charge in [-0.3, -0.25) is 4.79 Å². The van der Waals surface area contributed by atoms with Crippen molar-refractivity contribution in [1.29, 1.82) is 0 Å². The molecule has 0 atom stereocenters. The molecule has 2 fully saturated rings. The first-order valence-corrected chi connectivity index (χ1v) is 12.1. The molecule has 2 aliphatic rings. The van der Waals surface area contributed by atoms with Crippen LogP contribution in [-0.4, -0.2) is 79.9 Å². The van der Waals surface area contributed by atoms with Gasteiger partial charge in [0.05, 0.1) is 19.8 Å². The normalized spacial score (nSPS) is 16.7. The zero-order valence-corrected chi connectivity index (χ0v) is 19.8. The molecule has 8 heteroatoms. The number of amides is 1. The van der Waals surface area contributed by atoms with Crippen LogP contribution in [0.4, 0.5) is 11.6 Å². The summed E-state index contributed by atoms with van der Waals surface area (Å²) in [6, 6.07) is 9.59. The molecule has 1 aromatic carbocycles. The molecule has 2 saturated heterocycles. The number of hydrogen-bond acceptors (Lipinski definition) is 7. The Balaban J connectivity index is 1.32. The van der Waals surface area contributed by atoms with E-state index in [0.717, 1.165) is 75.6 Å². The Morgan fingerprint density at radius 2 is 1.58 bits per heavy atom. The maximum Gasteiger partial charge on any atom is 0.253 e. The molecule has 0 aliphatic carbocycles. The average molecular weight is 454 g/mol. The lowest BCUT2D eigenvalue weighted by atomic mass is 10.1. The molecular formula is C25H35N5O3. The van der Waals surface area contributed by atoms with Crippen LogP contribution in [0.25, 0.3) is 0 Å². The topological polar surface area (TPSA) is 71.0 Å². The standard InChI is InChI=1S/C25H35N5O3/c1-3-4-5-16-33-22-8-6-21(7-9-22)25(31)30-12-10-28(11-13-30)23-19-24(27-20(2)26-23)29-14-17-32-18-15-29/h6-9,19H,3-5,10-18H2,1-2H3.